The Labute approximate surface area is 94.4 Å². The maximum absolute atomic E-state index is 11.5. The third-order valence-electron chi connectivity index (χ3n) is 3.62. The van der Waals surface area contributed by atoms with Gasteiger partial charge in [0, 0.05) is 12.8 Å². The molecule has 2 saturated carbocycles. The molecular formula is C12H16O4. The molecule has 0 N–H and O–H groups in total. The quantitative estimate of drug-likeness (QED) is 0.667. The Morgan fingerprint density at radius 3 is 2.38 bits per heavy atom. The normalized spacial score (nSPS) is 25.3. The Kier molecular flexibility index (Phi) is 4.13. The molecule has 0 aromatic heterocycles. The monoisotopic (exact) mass is 224 g/mol. The number of carbonyl (C=O) groups is 2. The summed E-state index contributed by atoms with van der Waals surface area (Å²) in [5.74, 6) is 0.126. The fourth-order valence-corrected chi connectivity index (χ4v) is 2.38. The molecule has 0 aromatic carbocycles. The number of hydrogen-bond acceptors (Lipinski definition) is 4. The molecule has 4 heteroatoms. The van der Waals surface area contributed by atoms with E-state index in [1.165, 1.54) is 12.8 Å². The van der Waals surface area contributed by atoms with E-state index in [2.05, 4.69) is 0 Å². The zero-order valence-corrected chi connectivity index (χ0v) is 9.45. The first kappa shape index (κ1) is 12.8. The highest BCUT2D eigenvalue weighted by Gasteiger charge is 2.49. The SMILES string of the molecule is CCC(=O)C1CC2(CCC1=O)CC2.O=C=O. The van der Waals surface area contributed by atoms with Gasteiger partial charge in [0.1, 0.15) is 11.6 Å². The summed E-state index contributed by atoms with van der Waals surface area (Å²) in [6.07, 6.45) is 5.81. The van der Waals surface area contributed by atoms with Gasteiger partial charge in [-0.15, -0.1) is 0 Å². The zero-order chi connectivity index (χ0) is 12.2. The lowest BCUT2D eigenvalue weighted by Crippen LogP contribution is -2.31. The second kappa shape index (κ2) is 5.17. The van der Waals surface area contributed by atoms with Gasteiger partial charge in [0.25, 0.3) is 0 Å². The summed E-state index contributed by atoms with van der Waals surface area (Å²) >= 11 is 0. The van der Waals surface area contributed by atoms with E-state index in [0.717, 1.165) is 12.8 Å². The summed E-state index contributed by atoms with van der Waals surface area (Å²) < 4.78 is 0. The van der Waals surface area contributed by atoms with E-state index in [-0.39, 0.29) is 23.6 Å². The topological polar surface area (TPSA) is 68.3 Å². The van der Waals surface area contributed by atoms with Crippen LogP contribution < -0.4 is 0 Å². The average Bonchev–Trinajstić information content (AvgIpc) is 3.02. The molecule has 0 amide bonds. The number of hydrogen-bond donors (Lipinski definition) is 0. The molecular weight excluding hydrogens is 208 g/mol. The minimum atomic E-state index is -0.235. The minimum Gasteiger partial charge on any atom is -0.299 e. The molecule has 16 heavy (non-hydrogen) atoms. The van der Waals surface area contributed by atoms with Crippen molar-refractivity contribution in [1.82, 2.24) is 0 Å². The van der Waals surface area contributed by atoms with Crippen LogP contribution in [0.15, 0.2) is 0 Å². The van der Waals surface area contributed by atoms with E-state index in [0.29, 0.717) is 18.3 Å². The molecule has 1 unspecified atom stereocenters. The Balaban J connectivity index is 0.000000386. The van der Waals surface area contributed by atoms with Crippen molar-refractivity contribution in [1.29, 1.82) is 0 Å². The summed E-state index contributed by atoms with van der Waals surface area (Å²) in [4.78, 5) is 39.2. The molecule has 0 heterocycles. The van der Waals surface area contributed by atoms with Gasteiger partial charge in [-0.2, -0.15) is 9.59 Å². The molecule has 2 rings (SSSR count). The van der Waals surface area contributed by atoms with E-state index in [4.69, 9.17) is 9.59 Å². The Morgan fingerprint density at radius 1 is 1.38 bits per heavy atom. The van der Waals surface area contributed by atoms with Crippen LogP contribution in [0.1, 0.15) is 45.4 Å². The molecule has 0 bridgehead atoms. The molecule has 2 aliphatic rings. The van der Waals surface area contributed by atoms with Gasteiger partial charge in [-0.25, -0.2) is 0 Å². The van der Waals surface area contributed by atoms with Gasteiger partial charge in [-0.05, 0) is 31.1 Å². The van der Waals surface area contributed by atoms with Crippen molar-refractivity contribution < 1.29 is 19.2 Å². The van der Waals surface area contributed by atoms with E-state index < -0.39 is 0 Å². The van der Waals surface area contributed by atoms with Crippen LogP contribution in [-0.4, -0.2) is 17.7 Å². The highest BCUT2D eigenvalue weighted by molar-refractivity contribution is 6.02. The second-order valence-corrected chi connectivity index (χ2v) is 4.63. The van der Waals surface area contributed by atoms with E-state index in [1.807, 2.05) is 6.92 Å². The lowest BCUT2D eigenvalue weighted by Gasteiger charge is -2.26. The van der Waals surface area contributed by atoms with Crippen molar-refractivity contribution in [2.75, 3.05) is 0 Å². The molecule has 2 fully saturated rings. The fraction of sp³-hybridized carbons (Fsp3) is 0.750. The smallest absolute Gasteiger partial charge is 0.299 e. The van der Waals surface area contributed by atoms with E-state index in [1.54, 1.807) is 0 Å². The maximum atomic E-state index is 11.5. The van der Waals surface area contributed by atoms with Gasteiger partial charge in [-0.1, -0.05) is 6.92 Å². The van der Waals surface area contributed by atoms with Crippen LogP contribution >= 0.6 is 0 Å². The lowest BCUT2D eigenvalue weighted by molar-refractivity contribution is -0.191. The first-order chi connectivity index (χ1) is 7.58. The second-order valence-electron chi connectivity index (χ2n) is 4.63. The molecule has 0 radical (unpaired) electrons. The van der Waals surface area contributed by atoms with Gasteiger partial charge < -0.3 is 0 Å². The largest absolute Gasteiger partial charge is 0.373 e. The Hall–Kier alpha value is -1.28. The Bertz CT molecular complexity index is 314. The molecule has 4 nitrogen and oxygen atoms in total. The standard InChI is InChI=1S/C11H16O2.CO2/c1-2-9(12)8-7-11(5-6-11)4-3-10(8)13;2-1-3/h8H,2-7H2,1H3;. The third-order valence-corrected chi connectivity index (χ3v) is 3.62. The molecule has 0 aromatic rings. The molecule has 88 valence electrons. The number of carbonyl (C=O) groups excluding carboxylic acids is 4. The fourth-order valence-electron chi connectivity index (χ4n) is 2.38. The van der Waals surface area contributed by atoms with Crippen molar-refractivity contribution >= 4 is 17.7 Å². The highest BCUT2D eigenvalue weighted by Crippen LogP contribution is 2.56. The van der Waals surface area contributed by atoms with Gasteiger partial charge in [-0.3, -0.25) is 9.59 Å². The van der Waals surface area contributed by atoms with Gasteiger partial charge in [0.15, 0.2) is 0 Å². The van der Waals surface area contributed by atoms with Crippen molar-refractivity contribution in [2.45, 2.75) is 45.4 Å². The molecule has 1 atom stereocenters. The van der Waals surface area contributed by atoms with Crippen LogP contribution in [0.3, 0.4) is 0 Å². The van der Waals surface area contributed by atoms with Gasteiger partial charge in [0.05, 0.1) is 5.92 Å². The van der Waals surface area contributed by atoms with Crippen LogP contribution in [0, 0.1) is 11.3 Å². The van der Waals surface area contributed by atoms with Crippen molar-refractivity contribution in [3.8, 4) is 0 Å². The average molecular weight is 224 g/mol. The first-order valence-electron chi connectivity index (χ1n) is 5.63. The Morgan fingerprint density at radius 2 is 1.94 bits per heavy atom. The molecule has 2 aliphatic carbocycles. The number of rotatable bonds is 2. The van der Waals surface area contributed by atoms with Gasteiger partial charge >= 0.3 is 6.15 Å². The lowest BCUT2D eigenvalue weighted by atomic mass is 9.76. The summed E-state index contributed by atoms with van der Waals surface area (Å²) in [5, 5.41) is 0. The first-order valence-corrected chi connectivity index (χ1v) is 5.63. The van der Waals surface area contributed by atoms with Crippen molar-refractivity contribution in [2.24, 2.45) is 11.3 Å². The minimum absolute atomic E-state index is 0.163. The van der Waals surface area contributed by atoms with Gasteiger partial charge in [0.2, 0.25) is 0 Å². The zero-order valence-electron chi connectivity index (χ0n) is 9.45. The van der Waals surface area contributed by atoms with Crippen LogP contribution in [0.25, 0.3) is 0 Å². The molecule has 1 spiro atoms. The molecule has 0 saturated heterocycles. The predicted molar refractivity (Wildman–Crippen MR) is 54.3 cm³/mol. The predicted octanol–water partition coefficient (Wildman–Crippen LogP) is 1.53. The highest BCUT2D eigenvalue weighted by atomic mass is 16.2. The van der Waals surface area contributed by atoms with E-state index in [9.17, 15) is 9.59 Å². The maximum Gasteiger partial charge on any atom is 0.373 e. The van der Waals surface area contributed by atoms with Crippen LogP contribution in [0.2, 0.25) is 0 Å². The third kappa shape index (κ3) is 2.86. The molecule has 0 aliphatic heterocycles. The summed E-state index contributed by atoms with van der Waals surface area (Å²) in [5.41, 5.74) is 0.420. The number of Topliss-reactive ketones (excluding diaryl/α,β-unsaturated/α-hetero) is 2. The van der Waals surface area contributed by atoms with Crippen LogP contribution in [-0.2, 0) is 19.2 Å². The number of ketones is 2. The summed E-state index contributed by atoms with van der Waals surface area (Å²) in [7, 11) is 0. The van der Waals surface area contributed by atoms with Crippen molar-refractivity contribution in [3.05, 3.63) is 0 Å². The van der Waals surface area contributed by atoms with Crippen LogP contribution in [0.4, 0.5) is 0 Å². The van der Waals surface area contributed by atoms with Crippen LogP contribution in [0.5, 0.6) is 0 Å². The summed E-state index contributed by atoms with van der Waals surface area (Å²) in [6, 6.07) is 0. The van der Waals surface area contributed by atoms with Crippen molar-refractivity contribution in [3.63, 3.8) is 0 Å². The summed E-state index contributed by atoms with van der Waals surface area (Å²) in [6.45, 7) is 1.85. The van der Waals surface area contributed by atoms with E-state index >= 15 is 0 Å².